The summed E-state index contributed by atoms with van der Waals surface area (Å²) in [6.07, 6.45) is 2.90. The van der Waals surface area contributed by atoms with Crippen LogP contribution < -0.4 is 4.90 Å². The van der Waals surface area contributed by atoms with Crippen LogP contribution in [0.15, 0.2) is 65.7 Å². The molecule has 1 aromatic heterocycles. The molecule has 28 heavy (non-hydrogen) atoms. The van der Waals surface area contributed by atoms with E-state index in [1.807, 2.05) is 24.3 Å². The highest BCUT2D eigenvalue weighted by Crippen LogP contribution is 2.34. The Morgan fingerprint density at radius 2 is 1.79 bits per heavy atom. The summed E-state index contributed by atoms with van der Waals surface area (Å²) in [5.41, 5.74) is 5.20. The first-order valence-corrected chi connectivity index (χ1v) is 11.0. The monoisotopic (exact) mass is 394 g/mol. The Hall–Kier alpha value is -2.77. The predicted octanol–water partition coefficient (Wildman–Crippen LogP) is 3.13. The van der Waals surface area contributed by atoms with Crippen LogP contribution in [0.2, 0.25) is 0 Å². The van der Waals surface area contributed by atoms with Crippen molar-refractivity contribution in [2.24, 2.45) is 0 Å². The molecule has 0 saturated heterocycles. The Bertz CT molecular complexity index is 1080. The molecule has 2 aromatic carbocycles. The fourth-order valence-electron chi connectivity index (χ4n) is 3.49. The summed E-state index contributed by atoms with van der Waals surface area (Å²) < 4.78 is 23.5. The molecule has 0 spiro atoms. The number of anilines is 2. The number of benzene rings is 2. The Balaban J connectivity index is 1.75. The fourth-order valence-corrected chi connectivity index (χ4v) is 4.12. The van der Waals surface area contributed by atoms with E-state index in [1.54, 1.807) is 18.3 Å². The first-order valence-electron chi connectivity index (χ1n) is 9.09. The van der Waals surface area contributed by atoms with Crippen LogP contribution in [0.5, 0.6) is 0 Å². The molecule has 0 atom stereocenters. The van der Waals surface area contributed by atoms with Crippen LogP contribution in [0.1, 0.15) is 5.56 Å². The second kappa shape index (κ2) is 7.33. The minimum absolute atomic E-state index is 0.335. The second-order valence-electron chi connectivity index (χ2n) is 7.11. The highest BCUT2D eigenvalue weighted by Gasteiger charge is 2.20. The number of aromatic nitrogens is 2. The van der Waals surface area contributed by atoms with Crippen molar-refractivity contribution in [1.29, 1.82) is 0 Å². The molecule has 1 aliphatic heterocycles. The molecule has 0 unspecified atom stereocenters. The van der Waals surface area contributed by atoms with Gasteiger partial charge in [0.05, 0.1) is 10.6 Å². The molecule has 4 rings (SSSR count). The van der Waals surface area contributed by atoms with Crippen molar-refractivity contribution in [1.82, 2.24) is 15.1 Å². The van der Waals surface area contributed by atoms with Gasteiger partial charge in [0, 0.05) is 49.0 Å². The fraction of sp³-hybridized carbons (Fsp3) is 0.238. The van der Waals surface area contributed by atoms with Crippen LogP contribution in [-0.2, 0) is 16.4 Å². The van der Waals surface area contributed by atoms with E-state index in [-0.39, 0.29) is 0 Å². The molecule has 0 aliphatic carbocycles. The first-order chi connectivity index (χ1) is 13.4. The first kappa shape index (κ1) is 18.6. The van der Waals surface area contributed by atoms with E-state index >= 15 is 0 Å². The standard InChI is InChI=1S/C21H22N4O2S/c1-24-12-13-25(18-6-8-19(9-7-18)28(2,26)27)21-10-5-16(14-17(21)15-24)20-4-3-11-22-23-20/h3-11,14H,12-13,15H2,1-2H3. The van der Waals surface area contributed by atoms with Crippen molar-refractivity contribution in [3.8, 4) is 11.3 Å². The maximum Gasteiger partial charge on any atom is 0.175 e. The highest BCUT2D eigenvalue weighted by atomic mass is 32.2. The van der Waals surface area contributed by atoms with Gasteiger partial charge < -0.3 is 9.80 Å². The Morgan fingerprint density at radius 3 is 2.46 bits per heavy atom. The van der Waals surface area contributed by atoms with Gasteiger partial charge in [-0.25, -0.2) is 8.42 Å². The topological polar surface area (TPSA) is 66.4 Å². The van der Waals surface area contributed by atoms with Crippen molar-refractivity contribution < 1.29 is 8.42 Å². The molecule has 0 fully saturated rings. The zero-order valence-electron chi connectivity index (χ0n) is 15.9. The smallest absolute Gasteiger partial charge is 0.175 e. The van der Waals surface area contributed by atoms with Crippen LogP contribution in [-0.4, -0.2) is 49.9 Å². The van der Waals surface area contributed by atoms with Crippen LogP contribution in [0.3, 0.4) is 0 Å². The van der Waals surface area contributed by atoms with Crippen molar-refractivity contribution in [2.75, 3.05) is 31.3 Å². The van der Waals surface area contributed by atoms with Crippen molar-refractivity contribution in [2.45, 2.75) is 11.4 Å². The molecule has 0 bridgehead atoms. The summed E-state index contributed by atoms with van der Waals surface area (Å²) in [5.74, 6) is 0. The second-order valence-corrected chi connectivity index (χ2v) is 9.12. The molecule has 6 nitrogen and oxygen atoms in total. The maximum absolute atomic E-state index is 11.8. The molecule has 1 aliphatic rings. The Kier molecular flexibility index (Phi) is 4.87. The average Bonchev–Trinajstić information content (AvgIpc) is 2.85. The third-order valence-electron chi connectivity index (χ3n) is 4.96. The van der Waals surface area contributed by atoms with E-state index in [0.717, 1.165) is 42.3 Å². The van der Waals surface area contributed by atoms with E-state index in [0.29, 0.717) is 4.90 Å². The summed E-state index contributed by atoms with van der Waals surface area (Å²) in [4.78, 5) is 4.86. The van der Waals surface area contributed by atoms with Crippen LogP contribution in [0.25, 0.3) is 11.3 Å². The van der Waals surface area contributed by atoms with E-state index in [9.17, 15) is 8.42 Å². The number of nitrogens with zero attached hydrogens (tertiary/aromatic N) is 4. The maximum atomic E-state index is 11.8. The van der Waals surface area contributed by atoms with Crippen molar-refractivity contribution in [3.05, 3.63) is 66.4 Å². The van der Waals surface area contributed by atoms with Crippen LogP contribution >= 0.6 is 0 Å². The molecule has 2 heterocycles. The van der Waals surface area contributed by atoms with Crippen molar-refractivity contribution >= 4 is 21.2 Å². The minimum atomic E-state index is -3.20. The number of likely N-dealkylation sites (N-methyl/N-ethyl adjacent to an activating group) is 1. The van der Waals surface area contributed by atoms with Gasteiger partial charge in [-0.05, 0) is 61.1 Å². The molecule has 7 heteroatoms. The minimum Gasteiger partial charge on any atom is -0.340 e. The Morgan fingerprint density at radius 1 is 1.00 bits per heavy atom. The molecule has 0 N–H and O–H groups in total. The quantitative estimate of drug-likeness (QED) is 0.680. The summed E-state index contributed by atoms with van der Waals surface area (Å²) in [5, 5.41) is 8.19. The number of sulfone groups is 1. The molecule has 0 amide bonds. The van der Waals surface area contributed by atoms with Gasteiger partial charge in [0.1, 0.15) is 0 Å². The van der Waals surface area contributed by atoms with Gasteiger partial charge in [0.15, 0.2) is 9.84 Å². The molecule has 0 radical (unpaired) electrons. The van der Waals surface area contributed by atoms with Gasteiger partial charge in [-0.2, -0.15) is 10.2 Å². The summed E-state index contributed by atoms with van der Waals surface area (Å²) in [6.45, 7) is 2.57. The number of fused-ring (bicyclic) bond motifs is 1. The van der Waals surface area contributed by atoms with E-state index in [1.165, 1.54) is 11.8 Å². The predicted molar refractivity (Wildman–Crippen MR) is 110 cm³/mol. The highest BCUT2D eigenvalue weighted by molar-refractivity contribution is 7.90. The lowest BCUT2D eigenvalue weighted by Gasteiger charge is -2.25. The Labute approximate surface area is 165 Å². The lowest BCUT2D eigenvalue weighted by molar-refractivity contribution is 0.343. The lowest BCUT2D eigenvalue weighted by Crippen LogP contribution is -2.26. The number of hydrogen-bond acceptors (Lipinski definition) is 6. The normalized spacial score (nSPS) is 15.1. The lowest BCUT2D eigenvalue weighted by atomic mass is 10.0. The zero-order valence-corrected chi connectivity index (χ0v) is 16.7. The van der Waals surface area contributed by atoms with Gasteiger partial charge in [0.2, 0.25) is 0 Å². The average molecular weight is 395 g/mol. The van der Waals surface area contributed by atoms with Crippen LogP contribution in [0.4, 0.5) is 11.4 Å². The molecular formula is C21H22N4O2S. The van der Waals surface area contributed by atoms with E-state index < -0.39 is 9.84 Å². The van der Waals surface area contributed by atoms with Gasteiger partial charge in [-0.3, -0.25) is 0 Å². The largest absolute Gasteiger partial charge is 0.340 e. The third-order valence-corrected chi connectivity index (χ3v) is 6.09. The molecule has 3 aromatic rings. The van der Waals surface area contributed by atoms with E-state index in [2.05, 4.69) is 45.2 Å². The van der Waals surface area contributed by atoms with Gasteiger partial charge in [-0.1, -0.05) is 6.07 Å². The summed E-state index contributed by atoms with van der Waals surface area (Å²) in [6, 6.07) is 17.3. The SMILES string of the molecule is CN1CCN(c2ccc(S(C)(=O)=O)cc2)c2ccc(-c3cccnn3)cc2C1. The summed E-state index contributed by atoms with van der Waals surface area (Å²) in [7, 11) is -1.10. The third kappa shape index (κ3) is 3.76. The molecule has 144 valence electrons. The molecular weight excluding hydrogens is 372 g/mol. The van der Waals surface area contributed by atoms with Gasteiger partial charge in [-0.15, -0.1) is 0 Å². The zero-order chi connectivity index (χ0) is 19.7. The van der Waals surface area contributed by atoms with E-state index in [4.69, 9.17) is 0 Å². The van der Waals surface area contributed by atoms with Crippen LogP contribution in [0, 0.1) is 0 Å². The van der Waals surface area contributed by atoms with Gasteiger partial charge >= 0.3 is 0 Å². The number of rotatable bonds is 3. The van der Waals surface area contributed by atoms with Crippen molar-refractivity contribution in [3.63, 3.8) is 0 Å². The number of hydrogen-bond donors (Lipinski definition) is 0. The van der Waals surface area contributed by atoms with Gasteiger partial charge in [0.25, 0.3) is 0 Å². The summed E-state index contributed by atoms with van der Waals surface area (Å²) >= 11 is 0. The molecule has 0 saturated carbocycles.